The Bertz CT molecular complexity index is 802. The summed E-state index contributed by atoms with van der Waals surface area (Å²) in [6.07, 6.45) is -2.24. The van der Waals surface area contributed by atoms with Gasteiger partial charge in [-0.1, -0.05) is 23.7 Å². The quantitative estimate of drug-likeness (QED) is 0.639. The molecule has 0 radical (unpaired) electrons. The van der Waals surface area contributed by atoms with Gasteiger partial charge < -0.3 is 0 Å². The largest absolute Gasteiger partial charge is 0.416 e. The molecule has 0 aromatic heterocycles. The minimum Gasteiger partial charge on any atom is -0.268 e. The Morgan fingerprint density at radius 2 is 1.68 bits per heavy atom. The first-order chi connectivity index (χ1) is 11.8. The Kier molecular flexibility index (Phi) is 5.82. The monoisotopic (exact) mass is 368 g/mol. The molecule has 0 saturated carbocycles. The Hall–Kier alpha value is -2.80. The van der Waals surface area contributed by atoms with Crippen molar-refractivity contribution in [2.45, 2.75) is 6.18 Å². The van der Waals surface area contributed by atoms with Crippen LogP contribution in [0.25, 0.3) is 6.08 Å². The van der Waals surface area contributed by atoms with E-state index >= 15 is 0 Å². The summed E-state index contributed by atoms with van der Waals surface area (Å²) in [5.74, 6) is -1.25. The normalized spacial score (nSPS) is 11.4. The van der Waals surface area contributed by atoms with Crippen molar-refractivity contribution in [2.24, 2.45) is 0 Å². The van der Waals surface area contributed by atoms with Gasteiger partial charge in [0.15, 0.2) is 0 Å². The number of halogens is 4. The van der Waals surface area contributed by atoms with Gasteiger partial charge in [0, 0.05) is 16.7 Å². The van der Waals surface area contributed by atoms with Crippen molar-refractivity contribution in [2.75, 3.05) is 0 Å². The van der Waals surface area contributed by atoms with Gasteiger partial charge in [-0.05, 0) is 48.0 Å². The van der Waals surface area contributed by atoms with Crippen molar-refractivity contribution in [3.63, 3.8) is 0 Å². The first kappa shape index (κ1) is 18.5. The van der Waals surface area contributed by atoms with E-state index < -0.39 is 23.6 Å². The van der Waals surface area contributed by atoms with Gasteiger partial charge in [0.05, 0.1) is 5.56 Å². The second-order valence-electron chi connectivity index (χ2n) is 4.91. The van der Waals surface area contributed by atoms with Gasteiger partial charge in [0.1, 0.15) is 0 Å². The molecule has 0 aliphatic heterocycles. The molecule has 0 spiro atoms. The summed E-state index contributed by atoms with van der Waals surface area (Å²) in [5.41, 5.74) is 3.98. The Balaban J connectivity index is 1.93. The van der Waals surface area contributed by atoms with Gasteiger partial charge >= 0.3 is 6.18 Å². The van der Waals surface area contributed by atoms with Gasteiger partial charge in [-0.3, -0.25) is 20.4 Å². The number of hydrogen-bond acceptors (Lipinski definition) is 2. The smallest absolute Gasteiger partial charge is 0.268 e. The van der Waals surface area contributed by atoms with Crippen LogP contribution >= 0.6 is 11.6 Å². The van der Waals surface area contributed by atoms with E-state index in [1.54, 1.807) is 0 Å². The van der Waals surface area contributed by atoms with E-state index in [4.69, 9.17) is 11.6 Å². The lowest BCUT2D eigenvalue weighted by Gasteiger charge is -2.07. The average Bonchev–Trinajstić information content (AvgIpc) is 2.58. The zero-order valence-corrected chi connectivity index (χ0v) is 13.4. The highest BCUT2D eigenvalue weighted by Crippen LogP contribution is 2.29. The first-order valence-corrected chi connectivity index (χ1v) is 7.35. The Morgan fingerprint density at radius 3 is 2.32 bits per heavy atom. The number of alkyl halides is 3. The number of hydrazine groups is 1. The fraction of sp³-hybridized carbons (Fsp3) is 0.0588. The fourth-order valence-corrected chi connectivity index (χ4v) is 1.95. The fourth-order valence-electron chi connectivity index (χ4n) is 1.82. The molecule has 8 heteroatoms. The van der Waals surface area contributed by atoms with Crippen LogP contribution in [-0.2, 0) is 11.0 Å². The van der Waals surface area contributed by atoms with Crippen LogP contribution in [-0.4, -0.2) is 11.8 Å². The summed E-state index contributed by atoms with van der Waals surface area (Å²) >= 11 is 5.70. The van der Waals surface area contributed by atoms with Crippen LogP contribution in [0.1, 0.15) is 21.5 Å². The van der Waals surface area contributed by atoms with Crippen LogP contribution in [0, 0.1) is 0 Å². The van der Waals surface area contributed by atoms with Crippen LogP contribution in [0.15, 0.2) is 54.6 Å². The van der Waals surface area contributed by atoms with Crippen LogP contribution < -0.4 is 10.9 Å². The minimum absolute atomic E-state index is 0.203. The van der Waals surface area contributed by atoms with E-state index in [-0.39, 0.29) is 11.1 Å². The highest BCUT2D eigenvalue weighted by molar-refractivity contribution is 6.30. The predicted octanol–water partition coefficient (Wildman–Crippen LogP) is 3.83. The van der Waals surface area contributed by atoms with E-state index in [9.17, 15) is 22.8 Å². The summed E-state index contributed by atoms with van der Waals surface area (Å²) in [4.78, 5) is 23.4. The number of amides is 2. The van der Waals surface area contributed by atoms with Gasteiger partial charge in [-0.2, -0.15) is 13.2 Å². The third kappa shape index (κ3) is 5.65. The maximum atomic E-state index is 12.6. The predicted molar refractivity (Wildman–Crippen MR) is 87.5 cm³/mol. The number of carbonyl (C=O) groups is 2. The van der Waals surface area contributed by atoms with Crippen molar-refractivity contribution in [3.05, 3.63) is 76.3 Å². The molecule has 0 unspecified atom stereocenters. The molecule has 130 valence electrons. The second kappa shape index (κ2) is 7.85. The first-order valence-electron chi connectivity index (χ1n) is 6.97. The topological polar surface area (TPSA) is 58.2 Å². The molecule has 2 aromatic carbocycles. The van der Waals surface area contributed by atoms with Crippen molar-refractivity contribution in [1.29, 1.82) is 0 Å². The minimum atomic E-state index is -4.46. The summed E-state index contributed by atoms with van der Waals surface area (Å²) < 4.78 is 37.8. The van der Waals surface area contributed by atoms with Crippen LogP contribution in [0.2, 0.25) is 5.02 Å². The van der Waals surface area contributed by atoms with Crippen molar-refractivity contribution in [1.82, 2.24) is 10.9 Å². The maximum absolute atomic E-state index is 12.6. The van der Waals surface area contributed by atoms with Crippen LogP contribution in [0.3, 0.4) is 0 Å². The van der Waals surface area contributed by atoms with Crippen molar-refractivity contribution >= 4 is 29.5 Å². The van der Waals surface area contributed by atoms with E-state index in [1.807, 2.05) is 0 Å². The Labute approximate surface area is 146 Å². The van der Waals surface area contributed by atoms with E-state index in [0.717, 1.165) is 18.2 Å². The van der Waals surface area contributed by atoms with Gasteiger partial charge in [0.25, 0.3) is 11.8 Å². The number of hydrogen-bond donors (Lipinski definition) is 2. The molecule has 25 heavy (non-hydrogen) atoms. The molecular weight excluding hydrogens is 357 g/mol. The molecule has 0 saturated heterocycles. The second-order valence-corrected chi connectivity index (χ2v) is 5.34. The summed E-state index contributed by atoms with van der Waals surface area (Å²) in [5, 5.41) is 0.463. The highest BCUT2D eigenvalue weighted by atomic mass is 35.5. The van der Waals surface area contributed by atoms with E-state index in [1.165, 1.54) is 42.5 Å². The number of rotatable bonds is 3. The highest BCUT2D eigenvalue weighted by Gasteiger charge is 2.30. The molecule has 2 N–H and O–H groups in total. The third-order valence-electron chi connectivity index (χ3n) is 3.05. The molecule has 2 amide bonds. The van der Waals surface area contributed by atoms with Gasteiger partial charge in [0.2, 0.25) is 0 Å². The third-order valence-corrected chi connectivity index (χ3v) is 3.30. The zero-order chi connectivity index (χ0) is 18.4. The van der Waals surface area contributed by atoms with E-state index in [2.05, 4.69) is 10.9 Å². The van der Waals surface area contributed by atoms with Gasteiger partial charge in [-0.25, -0.2) is 0 Å². The number of carbonyl (C=O) groups excluding carboxylic acids is 2. The molecule has 0 aliphatic carbocycles. The SMILES string of the molecule is O=C(/C=C/c1cccc(C(F)(F)F)c1)NNC(=O)c1ccc(Cl)cc1. The molecule has 0 atom stereocenters. The molecule has 2 rings (SSSR count). The van der Waals surface area contributed by atoms with Crippen molar-refractivity contribution in [3.8, 4) is 0 Å². The lowest BCUT2D eigenvalue weighted by Crippen LogP contribution is -2.40. The standard InChI is InChI=1S/C17H12ClF3N2O2/c18-14-7-5-12(6-8-14)16(25)23-22-15(24)9-4-11-2-1-3-13(10-11)17(19,20)21/h1-10H,(H,22,24)(H,23,25)/b9-4+. The van der Waals surface area contributed by atoms with Crippen molar-refractivity contribution < 1.29 is 22.8 Å². The molecular formula is C17H12ClF3N2O2. The number of benzene rings is 2. The maximum Gasteiger partial charge on any atom is 0.416 e. The molecule has 2 aromatic rings. The molecule has 0 fully saturated rings. The lowest BCUT2D eigenvalue weighted by atomic mass is 10.1. The molecule has 0 aliphatic rings. The van der Waals surface area contributed by atoms with Crippen LogP contribution in [0.4, 0.5) is 13.2 Å². The van der Waals surface area contributed by atoms with Crippen LogP contribution in [0.5, 0.6) is 0 Å². The zero-order valence-electron chi connectivity index (χ0n) is 12.6. The van der Waals surface area contributed by atoms with E-state index in [0.29, 0.717) is 5.02 Å². The number of nitrogens with one attached hydrogen (secondary N) is 2. The summed E-state index contributed by atoms with van der Waals surface area (Å²) in [7, 11) is 0. The van der Waals surface area contributed by atoms with Gasteiger partial charge in [-0.15, -0.1) is 0 Å². The molecule has 4 nitrogen and oxygen atoms in total. The summed E-state index contributed by atoms with van der Waals surface area (Å²) in [6.45, 7) is 0. The average molecular weight is 369 g/mol. The summed E-state index contributed by atoms with van der Waals surface area (Å²) in [6, 6.07) is 10.5. The molecule has 0 heterocycles. The molecule has 0 bridgehead atoms. The Morgan fingerprint density at radius 1 is 1.00 bits per heavy atom. The lowest BCUT2D eigenvalue weighted by molar-refractivity contribution is -0.137.